The van der Waals surface area contributed by atoms with E-state index in [1.807, 2.05) is 48.1 Å². The molecule has 3 aromatic heterocycles. The molecule has 7 heteroatoms. The lowest BCUT2D eigenvalue weighted by atomic mass is 10.1. The summed E-state index contributed by atoms with van der Waals surface area (Å²) in [6.45, 7) is 1.98. The molecule has 0 saturated heterocycles. The highest BCUT2D eigenvalue weighted by Crippen LogP contribution is 2.35. The van der Waals surface area contributed by atoms with Gasteiger partial charge in [0.1, 0.15) is 17.3 Å². The lowest BCUT2D eigenvalue weighted by Crippen LogP contribution is -2.08. The van der Waals surface area contributed by atoms with Gasteiger partial charge in [-0.25, -0.2) is 9.67 Å². The number of carbonyl (C=O) groups is 1. The second-order valence-corrected chi connectivity index (χ2v) is 8.04. The van der Waals surface area contributed by atoms with Gasteiger partial charge in [0, 0.05) is 48.4 Å². The van der Waals surface area contributed by atoms with Crippen molar-refractivity contribution in [2.45, 2.75) is 26.2 Å². The van der Waals surface area contributed by atoms with Crippen LogP contribution in [0.2, 0.25) is 5.02 Å². The molecule has 5 rings (SSSR count). The Kier molecular flexibility index (Phi) is 4.71. The van der Waals surface area contributed by atoms with Crippen molar-refractivity contribution in [3.8, 4) is 28.3 Å². The molecular weight excluding hydrogens is 398 g/mol. The van der Waals surface area contributed by atoms with Gasteiger partial charge in [0.2, 0.25) is 0 Å². The summed E-state index contributed by atoms with van der Waals surface area (Å²) in [6, 6.07) is 9.57. The molecule has 6 nitrogen and oxygen atoms in total. The largest absolute Gasteiger partial charge is 0.345 e. The number of rotatable bonds is 6. The van der Waals surface area contributed by atoms with Gasteiger partial charge in [-0.2, -0.15) is 5.10 Å². The third-order valence-electron chi connectivity index (χ3n) is 5.36. The molecule has 0 radical (unpaired) electrons. The van der Waals surface area contributed by atoms with E-state index in [-0.39, 0.29) is 11.7 Å². The van der Waals surface area contributed by atoms with E-state index in [2.05, 4.69) is 15.0 Å². The number of nitrogens with zero attached hydrogens (tertiary/aromatic N) is 4. The Morgan fingerprint density at radius 2 is 2.07 bits per heavy atom. The van der Waals surface area contributed by atoms with Gasteiger partial charge in [-0.05, 0) is 37.5 Å². The van der Waals surface area contributed by atoms with Crippen LogP contribution in [0.4, 0.5) is 0 Å². The number of hydrogen-bond donors (Lipinski definition) is 1. The van der Waals surface area contributed by atoms with Crippen molar-refractivity contribution >= 4 is 17.4 Å². The number of imidazole rings is 1. The highest BCUT2D eigenvalue weighted by Gasteiger charge is 2.29. The van der Waals surface area contributed by atoms with Crippen molar-refractivity contribution in [2.24, 2.45) is 5.92 Å². The second kappa shape index (κ2) is 7.54. The van der Waals surface area contributed by atoms with Crippen LogP contribution in [0.3, 0.4) is 0 Å². The van der Waals surface area contributed by atoms with Crippen LogP contribution in [0.5, 0.6) is 0 Å². The van der Waals surface area contributed by atoms with Gasteiger partial charge in [0.25, 0.3) is 0 Å². The fraction of sp³-hybridized carbons (Fsp3) is 0.217. The van der Waals surface area contributed by atoms with Crippen LogP contribution >= 0.6 is 11.6 Å². The molecule has 1 aromatic carbocycles. The molecule has 4 aromatic rings. The standard InChI is InChI=1S/C23H20ClN5O/c1-14-12-27-16(11-21(30)15-6-7-15)10-20(14)29-13-18(23-25-8-9-26-23)22(28-29)17-4-2-3-5-19(17)24/h2-5,8-10,12-13,15H,6-7,11H2,1H3,(H,25,26). The van der Waals surface area contributed by atoms with E-state index in [1.54, 1.807) is 18.6 Å². The number of hydrogen-bond acceptors (Lipinski definition) is 4. The number of aryl methyl sites for hydroxylation is 1. The Morgan fingerprint density at radius 1 is 1.23 bits per heavy atom. The Morgan fingerprint density at radius 3 is 2.80 bits per heavy atom. The number of carbonyl (C=O) groups excluding carboxylic acids is 1. The molecule has 0 atom stereocenters. The van der Waals surface area contributed by atoms with Gasteiger partial charge < -0.3 is 4.98 Å². The van der Waals surface area contributed by atoms with Crippen molar-refractivity contribution in [3.05, 3.63) is 71.4 Å². The predicted molar refractivity (Wildman–Crippen MR) is 116 cm³/mol. The molecule has 3 heterocycles. The number of halogens is 1. The monoisotopic (exact) mass is 417 g/mol. The number of ketones is 1. The number of aromatic amines is 1. The molecule has 0 aliphatic heterocycles. The van der Waals surface area contributed by atoms with Gasteiger partial charge >= 0.3 is 0 Å². The first kappa shape index (κ1) is 18.8. The average molecular weight is 418 g/mol. The summed E-state index contributed by atoms with van der Waals surface area (Å²) in [7, 11) is 0. The van der Waals surface area contributed by atoms with Crippen molar-refractivity contribution in [1.29, 1.82) is 0 Å². The summed E-state index contributed by atoms with van der Waals surface area (Å²) in [5.41, 5.74) is 5.04. The molecular formula is C23H20ClN5O. The van der Waals surface area contributed by atoms with E-state index in [4.69, 9.17) is 16.7 Å². The fourth-order valence-corrected chi connectivity index (χ4v) is 3.79. The Labute approximate surface area is 179 Å². The average Bonchev–Trinajstić information content (AvgIpc) is 3.28. The number of Topliss-reactive ketones (excluding diaryl/α,β-unsaturated/α-hetero) is 1. The zero-order valence-electron chi connectivity index (χ0n) is 16.5. The summed E-state index contributed by atoms with van der Waals surface area (Å²) in [6.07, 6.45) is 9.60. The van der Waals surface area contributed by atoms with Gasteiger partial charge in [0.15, 0.2) is 0 Å². The quantitative estimate of drug-likeness (QED) is 0.488. The number of nitrogens with one attached hydrogen (secondary N) is 1. The molecule has 0 spiro atoms. The summed E-state index contributed by atoms with van der Waals surface area (Å²) in [5.74, 6) is 1.21. The fourth-order valence-electron chi connectivity index (χ4n) is 3.56. The van der Waals surface area contributed by atoms with Crippen LogP contribution in [0.25, 0.3) is 28.3 Å². The second-order valence-electron chi connectivity index (χ2n) is 7.63. The first-order chi connectivity index (χ1) is 14.6. The molecule has 1 aliphatic carbocycles. The maximum absolute atomic E-state index is 12.3. The van der Waals surface area contributed by atoms with Crippen LogP contribution < -0.4 is 0 Å². The zero-order chi connectivity index (χ0) is 20.7. The molecule has 150 valence electrons. The summed E-state index contributed by atoms with van der Waals surface area (Å²) < 4.78 is 1.82. The third kappa shape index (κ3) is 3.55. The smallest absolute Gasteiger partial charge is 0.141 e. The van der Waals surface area contributed by atoms with Crippen LogP contribution in [0.15, 0.2) is 55.1 Å². The number of benzene rings is 1. The van der Waals surface area contributed by atoms with Crippen molar-refractivity contribution in [3.63, 3.8) is 0 Å². The maximum Gasteiger partial charge on any atom is 0.141 e. The normalized spacial score (nSPS) is 13.5. The van der Waals surface area contributed by atoms with E-state index < -0.39 is 0 Å². The highest BCUT2D eigenvalue weighted by molar-refractivity contribution is 6.33. The minimum absolute atomic E-state index is 0.221. The Hall–Kier alpha value is -3.25. The van der Waals surface area contributed by atoms with E-state index in [1.165, 1.54) is 0 Å². The first-order valence-corrected chi connectivity index (χ1v) is 10.3. The van der Waals surface area contributed by atoms with E-state index in [9.17, 15) is 4.79 Å². The number of H-pyrrole nitrogens is 1. The zero-order valence-corrected chi connectivity index (χ0v) is 17.2. The summed E-state index contributed by atoms with van der Waals surface area (Å²) >= 11 is 6.47. The molecule has 1 N–H and O–H groups in total. The first-order valence-electron chi connectivity index (χ1n) is 9.93. The predicted octanol–water partition coefficient (Wildman–Crippen LogP) is 4.81. The molecule has 0 unspecified atom stereocenters. The molecule has 1 saturated carbocycles. The summed E-state index contributed by atoms with van der Waals surface area (Å²) in [4.78, 5) is 24.3. The highest BCUT2D eigenvalue weighted by atomic mass is 35.5. The van der Waals surface area contributed by atoms with E-state index >= 15 is 0 Å². The molecule has 30 heavy (non-hydrogen) atoms. The SMILES string of the molecule is Cc1cnc(CC(=O)C2CC2)cc1-n1cc(-c2ncc[nH]2)c(-c2ccccc2Cl)n1. The Bertz CT molecular complexity index is 1220. The lowest BCUT2D eigenvalue weighted by molar-refractivity contribution is -0.119. The molecule has 0 amide bonds. The number of aromatic nitrogens is 5. The minimum Gasteiger partial charge on any atom is -0.345 e. The minimum atomic E-state index is 0.221. The molecule has 1 aliphatic rings. The van der Waals surface area contributed by atoms with E-state index in [0.717, 1.165) is 46.6 Å². The van der Waals surface area contributed by atoms with Crippen LogP contribution in [-0.2, 0) is 11.2 Å². The lowest BCUT2D eigenvalue weighted by Gasteiger charge is -2.08. The number of pyridine rings is 1. The third-order valence-corrected chi connectivity index (χ3v) is 5.69. The van der Waals surface area contributed by atoms with Crippen LogP contribution in [0.1, 0.15) is 24.1 Å². The van der Waals surface area contributed by atoms with Gasteiger partial charge in [-0.1, -0.05) is 29.8 Å². The maximum atomic E-state index is 12.3. The molecule has 0 bridgehead atoms. The van der Waals surface area contributed by atoms with Gasteiger partial charge in [0.05, 0.1) is 16.3 Å². The summed E-state index contributed by atoms with van der Waals surface area (Å²) in [5, 5.41) is 5.48. The van der Waals surface area contributed by atoms with Crippen molar-refractivity contribution in [1.82, 2.24) is 24.7 Å². The van der Waals surface area contributed by atoms with Crippen molar-refractivity contribution < 1.29 is 4.79 Å². The molecule has 1 fully saturated rings. The topological polar surface area (TPSA) is 76.5 Å². The van der Waals surface area contributed by atoms with Crippen LogP contribution in [0, 0.1) is 12.8 Å². The van der Waals surface area contributed by atoms with Gasteiger partial charge in [-0.3, -0.25) is 9.78 Å². The van der Waals surface area contributed by atoms with Crippen LogP contribution in [-0.4, -0.2) is 30.5 Å². The Balaban J connectivity index is 1.61. The van der Waals surface area contributed by atoms with E-state index in [0.29, 0.717) is 17.3 Å². The van der Waals surface area contributed by atoms with Crippen molar-refractivity contribution in [2.75, 3.05) is 0 Å². The van der Waals surface area contributed by atoms with Gasteiger partial charge in [-0.15, -0.1) is 0 Å².